The van der Waals surface area contributed by atoms with Crippen LogP contribution < -0.4 is 11.3 Å². The highest BCUT2D eigenvalue weighted by Gasteiger charge is 2.44. The van der Waals surface area contributed by atoms with Crippen molar-refractivity contribution in [3.05, 3.63) is 28.4 Å². The van der Waals surface area contributed by atoms with E-state index in [-0.39, 0.29) is 6.42 Å². The summed E-state index contributed by atoms with van der Waals surface area (Å²) in [6, 6.07) is 0. The predicted molar refractivity (Wildman–Crippen MR) is 75.6 cm³/mol. The molecular formula is C11H16N3O9P. The second-order valence-electron chi connectivity index (χ2n) is 5.01. The van der Waals surface area contributed by atoms with Crippen molar-refractivity contribution in [2.45, 2.75) is 31.0 Å². The summed E-state index contributed by atoms with van der Waals surface area (Å²) in [6.45, 7) is -0.441. The van der Waals surface area contributed by atoms with Crippen LogP contribution in [0.4, 0.5) is 0 Å². The number of phosphoric acid groups is 1. The fraction of sp³-hybridized carbons (Fsp3) is 0.545. The van der Waals surface area contributed by atoms with Crippen LogP contribution in [-0.2, 0) is 13.8 Å². The number of aromatic nitrogens is 2. The Kier molecular flexibility index (Phi) is 5.50. The second kappa shape index (κ2) is 7.07. The third-order valence-electron chi connectivity index (χ3n) is 3.37. The van der Waals surface area contributed by atoms with Gasteiger partial charge in [0, 0.05) is 18.8 Å². The monoisotopic (exact) mass is 365 g/mol. The normalized spacial score (nSPS) is 27.3. The molecule has 1 aliphatic rings. The molecule has 24 heavy (non-hydrogen) atoms. The highest BCUT2D eigenvalue weighted by Crippen LogP contribution is 2.37. The number of carbonyl (C=O) groups is 1. The summed E-state index contributed by atoms with van der Waals surface area (Å²) in [6.07, 6.45) is -3.24. The third kappa shape index (κ3) is 4.05. The van der Waals surface area contributed by atoms with Gasteiger partial charge in [0.15, 0.2) is 11.9 Å². The molecule has 1 aliphatic heterocycles. The summed E-state index contributed by atoms with van der Waals surface area (Å²) in [4.78, 5) is 44.0. The van der Waals surface area contributed by atoms with Crippen LogP contribution in [0.15, 0.2) is 17.2 Å². The van der Waals surface area contributed by atoms with Gasteiger partial charge in [-0.2, -0.15) is 0 Å². The topological polar surface area (TPSA) is 194 Å². The Morgan fingerprint density at radius 3 is 2.67 bits per heavy atom. The molecular weight excluding hydrogens is 349 g/mol. The van der Waals surface area contributed by atoms with E-state index < -0.39 is 56.1 Å². The van der Waals surface area contributed by atoms with E-state index in [9.17, 15) is 24.4 Å². The number of aliphatic hydroxyl groups excluding tert-OH is 2. The number of aliphatic hydroxyl groups is 2. The van der Waals surface area contributed by atoms with Crippen LogP contribution in [0, 0.1) is 0 Å². The maximum absolute atomic E-state index is 12.1. The molecule has 0 aliphatic carbocycles. The molecule has 2 rings (SSSR count). The maximum atomic E-state index is 12.1. The van der Waals surface area contributed by atoms with Gasteiger partial charge in [0.1, 0.15) is 12.2 Å². The van der Waals surface area contributed by atoms with Crippen LogP contribution in [-0.4, -0.2) is 60.4 Å². The van der Waals surface area contributed by atoms with Crippen LogP contribution in [0.5, 0.6) is 0 Å². The summed E-state index contributed by atoms with van der Waals surface area (Å²) < 4.78 is 21.1. The number of hydrogen-bond acceptors (Lipinski definition) is 8. The van der Waals surface area contributed by atoms with Gasteiger partial charge in [0.2, 0.25) is 0 Å². The minimum absolute atomic E-state index is 0.150. The zero-order valence-electron chi connectivity index (χ0n) is 12.1. The van der Waals surface area contributed by atoms with Gasteiger partial charge in [-0.3, -0.25) is 18.7 Å². The van der Waals surface area contributed by atoms with Crippen molar-refractivity contribution >= 4 is 13.7 Å². The molecule has 134 valence electrons. The Hall–Kier alpha value is -1.66. The minimum atomic E-state index is -4.67. The lowest BCUT2D eigenvalue weighted by Crippen LogP contribution is -2.37. The molecule has 6 N–H and O–H groups in total. The van der Waals surface area contributed by atoms with E-state index in [2.05, 4.69) is 9.51 Å². The Bertz CT molecular complexity index is 717. The number of nitrogens with two attached hydrogens (primary N) is 1. The molecule has 1 aromatic rings. The first-order valence-corrected chi connectivity index (χ1v) is 8.23. The molecule has 1 fully saturated rings. The van der Waals surface area contributed by atoms with Crippen LogP contribution in [0.3, 0.4) is 0 Å². The zero-order chi connectivity index (χ0) is 18.1. The van der Waals surface area contributed by atoms with Gasteiger partial charge in [-0.05, 0) is 0 Å². The second-order valence-corrected chi connectivity index (χ2v) is 6.25. The molecule has 1 aromatic heterocycles. The first kappa shape index (κ1) is 18.7. The maximum Gasteiger partial charge on any atom is 0.469 e. The number of phosphoric ester groups is 1. The number of carbonyl (C=O) groups excluding carboxylic acids is 1. The van der Waals surface area contributed by atoms with Crippen molar-refractivity contribution in [1.29, 1.82) is 0 Å². The molecule has 0 bridgehead atoms. The number of amides is 1. The minimum Gasteiger partial charge on any atom is -0.388 e. The zero-order valence-corrected chi connectivity index (χ0v) is 13.0. The van der Waals surface area contributed by atoms with E-state index in [0.717, 1.165) is 17.0 Å². The molecule has 1 saturated heterocycles. The van der Waals surface area contributed by atoms with E-state index in [1.807, 2.05) is 0 Å². The van der Waals surface area contributed by atoms with E-state index in [1.165, 1.54) is 0 Å². The lowest BCUT2D eigenvalue weighted by Gasteiger charge is -2.17. The van der Waals surface area contributed by atoms with E-state index in [0.29, 0.717) is 0 Å². The van der Waals surface area contributed by atoms with Gasteiger partial charge >= 0.3 is 7.82 Å². The largest absolute Gasteiger partial charge is 0.469 e. The Morgan fingerprint density at radius 2 is 2.08 bits per heavy atom. The van der Waals surface area contributed by atoms with Crippen molar-refractivity contribution in [1.82, 2.24) is 9.55 Å². The van der Waals surface area contributed by atoms with Crippen molar-refractivity contribution in [2.75, 3.05) is 6.61 Å². The number of ether oxygens (including phenoxy) is 1. The molecule has 12 nitrogen and oxygen atoms in total. The van der Waals surface area contributed by atoms with E-state index in [4.69, 9.17) is 20.3 Å². The van der Waals surface area contributed by atoms with Gasteiger partial charge in [-0.15, -0.1) is 0 Å². The Balaban J connectivity index is 2.16. The van der Waals surface area contributed by atoms with E-state index in [1.54, 1.807) is 0 Å². The molecule has 1 amide bonds. The van der Waals surface area contributed by atoms with Gasteiger partial charge in [0.05, 0.1) is 12.7 Å². The van der Waals surface area contributed by atoms with Gasteiger partial charge in [-0.25, -0.2) is 9.55 Å². The lowest BCUT2D eigenvalue weighted by atomic mass is 10.1. The van der Waals surface area contributed by atoms with Gasteiger partial charge in [-0.1, -0.05) is 0 Å². The predicted octanol–water partition coefficient (Wildman–Crippen LogP) is -2.54. The molecule has 0 spiro atoms. The van der Waals surface area contributed by atoms with Crippen LogP contribution in [0.2, 0.25) is 0 Å². The molecule has 0 unspecified atom stereocenters. The highest BCUT2D eigenvalue weighted by molar-refractivity contribution is 7.46. The Morgan fingerprint density at radius 1 is 1.42 bits per heavy atom. The number of nitrogens with zero attached hydrogens (tertiary/aromatic N) is 2. The van der Waals surface area contributed by atoms with Crippen molar-refractivity contribution in [3.8, 4) is 0 Å². The fourth-order valence-electron chi connectivity index (χ4n) is 2.28. The smallest absolute Gasteiger partial charge is 0.388 e. The average molecular weight is 365 g/mol. The lowest BCUT2D eigenvalue weighted by molar-refractivity contribution is -0.0445. The van der Waals surface area contributed by atoms with Gasteiger partial charge in [0.25, 0.3) is 11.5 Å². The summed E-state index contributed by atoms with van der Waals surface area (Å²) in [7, 11) is -4.67. The van der Waals surface area contributed by atoms with E-state index >= 15 is 0 Å². The molecule has 0 aromatic carbocycles. The SMILES string of the molecule is NC(=O)c1nccn([C@@H]2O[C@H](CCOP(=O)(O)O)[C@@H](O)[C@H]2O)c1=O. The standard InChI is InChI=1S/C11H16N3O9P/c12-9(17)6-10(18)14(3-2-13-6)11-8(16)7(15)5(23-11)1-4-22-24(19,20)21/h2-3,5,7-8,11,15-16H,1,4H2,(H2,12,17)(H2,19,20,21)/t5-,7-,8-,11-/m1/s1. The van der Waals surface area contributed by atoms with Crippen molar-refractivity contribution in [2.24, 2.45) is 5.73 Å². The van der Waals surface area contributed by atoms with Crippen LogP contribution in [0.25, 0.3) is 0 Å². The molecule has 0 radical (unpaired) electrons. The molecule has 0 saturated carbocycles. The first-order valence-electron chi connectivity index (χ1n) is 6.70. The summed E-state index contributed by atoms with van der Waals surface area (Å²) in [5.74, 6) is -1.06. The van der Waals surface area contributed by atoms with Crippen LogP contribution in [0.1, 0.15) is 23.1 Å². The average Bonchev–Trinajstić information content (AvgIpc) is 2.74. The third-order valence-corrected chi connectivity index (χ3v) is 3.89. The molecule has 13 heteroatoms. The molecule has 2 heterocycles. The number of rotatable bonds is 6. The number of primary amides is 1. The fourth-order valence-corrected chi connectivity index (χ4v) is 2.62. The quantitative estimate of drug-likeness (QED) is 0.335. The Labute approximate surface area is 134 Å². The summed E-state index contributed by atoms with van der Waals surface area (Å²) >= 11 is 0. The molecule has 4 atom stereocenters. The first-order chi connectivity index (χ1) is 11.1. The number of hydrogen-bond donors (Lipinski definition) is 5. The summed E-state index contributed by atoms with van der Waals surface area (Å²) in [5.41, 5.74) is 3.55. The van der Waals surface area contributed by atoms with Crippen LogP contribution >= 0.6 is 7.82 Å². The summed E-state index contributed by atoms with van der Waals surface area (Å²) in [5, 5.41) is 20.0. The van der Waals surface area contributed by atoms with Gasteiger partial charge < -0.3 is 30.5 Å². The highest BCUT2D eigenvalue weighted by atomic mass is 31.2. The van der Waals surface area contributed by atoms with Crippen molar-refractivity contribution < 1.29 is 38.6 Å². The van der Waals surface area contributed by atoms with Crippen molar-refractivity contribution in [3.63, 3.8) is 0 Å².